The SMILES string of the molecule is C#Cc1cc(C(C)(C)C)on1.C#Cc1cc(C(C)(C)C)sn1.C#Cc1ccn(C(C)(C)C)n1.C#Cc1nc(C(C)(C)C)cs1.C#Cc1ncc(C(C)(C)C)s1.C#Cc1nscc1C(C)(C)C.C=Cc1ccn(C(C)(C)C)n1.C=Cc1ncc[nH]1.CC(C)(C)C1CC=CC(=O)C1.CC(C)C. The average Bonchev–Trinajstić information content (AvgIpc) is 1.79. The molecule has 0 aromatic carbocycles. The van der Waals surface area contributed by atoms with E-state index < -0.39 is 0 Å². The fourth-order valence-corrected chi connectivity index (χ4v) is 10.3. The lowest BCUT2D eigenvalue weighted by atomic mass is 9.74. The quantitative estimate of drug-likeness (QED) is 0.165. The van der Waals surface area contributed by atoms with Gasteiger partial charge in [-0.2, -0.15) is 18.9 Å². The largest absolute Gasteiger partial charge is 0.360 e. The van der Waals surface area contributed by atoms with Crippen LogP contribution >= 0.6 is 45.7 Å². The standard InChI is InChI=1S/C10H16O.C9H14N2.C9H12N2.C9H11NO.4C9H11NS.C5H6N2.C4H10/c1-10(2,3)8-5-4-6-9(11)7-8;2*1-5-8-6-7-11(10-8)9(2,3)4;1-5-7-6-8(11-10-7)9(2,3)4;1-5-8-10-7(6-11-8)9(2,3)4;1-5-8-10-6-7(11-8)9(2,3)4;1-5-8-7(6-11-10-8)9(2,3)4;1-5-7-6-8(11-10-7)9(2,3)4;1-2-5-6-3-4-7-5;1-4(2)3/h4,6,8H,5,7H2,1-3H3;5-7H,1H2,2-4H3;1,6-7H,2-4H3;5*1,6H,2-4H3;2-4H,1H2,(H,6,7);4H,1-3H3. The summed E-state index contributed by atoms with van der Waals surface area (Å²) in [7, 11) is 0. The van der Waals surface area contributed by atoms with Crippen molar-refractivity contribution in [3.8, 4) is 74.1 Å². The number of nitrogens with zero attached hydrogens (tertiary/aromatic N) is 10. The second kappa shape index (κ2) is 41.2. The lowest BCUT2D eigenvalue weighted by Gasteiger charge is -2.30. The summed E-state index contributed by atoms with van der Waals surface area (Å²) in [6.45, 7) is 64.7. The second-order valence-electron chi connectivity index (χ2n) is 31.6. The van der Waals surface area contributed by atoms with E-state index in [9.17, 15) is 4.79 Å². The normalized spacial score (nSPS) is 12.5. The molecule has 1 aliphatic carbocycles. The maximum Gasteiger partial charge on any atom is 0.166 e. The van der Waals surface area contributed by atoms with Crippen LogP contribution in [0.15, 0.2) is 95.8 Å². The van der Waals surface area contributed by atoms with Crippen molar-refractivity contribution in [2.75, 3.05) is 0 Å². The summed E-state index contributed by atoms with van der Waals surface area (Å²) in [5.74, 6) is 18.4. The molecule has 1 unspecified atom stereocenters. The third-order valence-electron chi connectivity index (χ3n) is 13.1. The van der Waals surface area contributed by atoms with Crippen molar-refractivity contribution in [2.24, 2.45) is 17.3 Å². The first-order valence-electron chi connectivity index (χ1n) is 32.6. The van der Waals surface area contributed by atoms with Gasteiger partial charge in [-0.1, -0.05) is 170 Å². The van der Waals surface area contributed by atoms with Crippen LogP contribution in [0.3, 0.4) is 0 Å². The van der Waals surface area contributed by atoms with E-state index in [4.69, 9.17) is 43.1 Å². The van der Waals surface area contributed by atoms with E-state index in [-0.39, 0.29) is 49.4 Å². The van der Waals surface area contributed by atoms with Crippen LogP contribution in [-0.2, 0) is 42.9 Å². The molecular weight excluding hydrogens is 1300 g/mol. The number of hydrogen-bond donors (Lipinski definition) is 1. The highest BCUT2D eigenvalue weighted by molar-refractivity contribution is 7.12. The smallest absolute Gasteiger partial charge is 0.166 e. The van der Waals surface area contributed by atoms with E-state index in [1.807, 2.05) is 83.8 Å². The number of allylic oxidation sites excluding steroid dienone is 2. The zero-order valence-corrected chi connectivity index (χ0v) is 67.8. The fourth-order valence-electron chi connectivity index (χ4n) is 7.04. The van der Waals surface area contributed by atoms with Gasteiger partial charge in [-0.25, -0.2) is 15.0 Å². The predicted octanol–water partition coefficient (Wildman–Crippen LogP) is 20.8. The molecule has 8 aromatic rings. The number of carbonyl (C=O) groups excluding carboxylic acids is 1. The molecule has 0 amide bonds. The van der Waals surface area contributed by atoms with Gasteiger partial charge < -0.3 is 9.51 Å². The zero-order valence-electron chi connectivity index (χ0n) is 64.5. The summed E-state index contributed by atoms with van der Waals surface area (Å²) >= 11 is 6.04. The van der Waals surface area contributed by atoms with Gasteiger partial charge in [0, 0.05) is 80.4 Å². The van der Waals surface area contributed by atoms with Crippen LogP contribution in [0.2, 0.25) is 0 Å². The maximum atomic E-state index is 11.0. The van der Waals surface area contributed by atoms with E-state index in [1.54, 1.807) is 48.0 Å². The van der Waals surface area contributed by atoms with Gasteiger partial charge in [-0.3, -0.25) is 14.2 Å². The van der Waals surface area contributed by atoms with Gasteiger partial charge in [0.1, 0.15) is 28.7 Å². The molecule has 0 spiro atoms. The van der Waals surface area contributed by atoms with Crippen LogP contribution in [0.1, 0.15) is 271 Å². The van der Waals surface area contributed by atoms with Gasteiger partial charge in [0.05, 0.1) is 22.5 Å². The van der Waals surface area contributed by atoms with Gasteiger partial charge in [-0.05, 0) is 176 Å². The Balaban J connectivity index is 0.00000109. The summed E-state index contributed by atoms with van der Waals surface area (Å²) in [4.78, 5) is 28.6. The number of H-pyrrole nitrogens is 1. The van der Waals surface area contributed by atoms with Crippen LogP contribution in [0, 0.1) is 91.3 Å². The molecule has 0 aliphatic heterocycles. The number of hydrogen-bond acceptors (Lipinski definition) is 14. The number of ketones is 1. The first-order chi connectivity index (χ1) is 45.4. The molecule has 0 fully saturated rings. The van der Waals surface area contributed by atoms with E-state index >= 15 is 0 Å². The van der Waals surface area contributed by atoms with Crippen molar-refractivity contribution in [2.45, 2.75) is 238 Å². The topological polar surface area (TPSA) is 159 Å². The van der Waals surface area contributed by atoms with Gasteiger partial charge in [0.25, 0.3) is 0 Å². The van der Waals surface area contributed by atoms with Crippen molar-refractivity contribution in [1.29, 1.82) is 0 Å². The van der Waals surface area contributed by atoms with Crippen LogP contribution in [0.25, 0.3) is 12.2 Å². The monoisotopic (exact) mass is 1410 g/mol. The summed E-state index contributed by atoms with van der Waals surface area (Å²) in [5.41, 5.74) is 6.93. The maximum absolute atomic E-state index is 11.0. The Bertz CT molecular complexity index is 3600. The molecule has 1 atom stereocenters. The molecule has 0 bridgehead atoms. The number of carbonyl (C=O) groups is 1. The first kappa shape index (κ1) is 90.6. The number of aromatic nitrogens is 11. The van der Waals surface area contributed by atoms with Gasteiger partial charge in [0.15, 0.2) is 21.5 Å². The number of imidazole rings is 1. The second-order valence-corrected chi connectivity index (χ2v) is 34.9. The Hall–Kier alpha value is -8.39. The van der Waals surface area contributed by atoms with Crippen molar-refractivity contribution < 1.29 is 9.32 Å². The van der Waals surface area contributed by atoms with Crippen LogP contribution in [0.4, 0.5) is 0 Å². The lowest BCUT2D eigenvalue weighted by Crippen LogP contribution is -2.24. The Morgan fingerprint density at radius 1 is 0.626 bits per heavy atom. The number of rotatable bonds is 2. The van der Waals surface area contributed by atoms with E-state index in [1.165, 1.54) is 49.7 Å². The molecule has 13 nitrogen and oxygen atoms in total. The number of terminal acetylenes is 6. The molecule has 0 saturated carbocycles. The molecule has 17 heteroatoms. The van der Waals surface area contributed by atoms with Crippen LogP contribution in [0.5, 0.6) is 0 Å². The zero-order chi connectivity index (χ0) is 76.6. The number of aromatic amines is 1. The minimum absolute atomic E-state index is 0.0118. The average molecular weight is 1410 g/mol. The highest BCUT2D eigenvalue weighted by Crippen LogP contribution is 2.34. The highest BCUT2D eigenvalue weighted by atomic mass is 32.1. The van der Waals surface area contributed by atoms with Crippen molar-refractivity contribution >= 4 is 63.7 Å². The fraction of sp³-hybridized carbons (Fsp3) is 0.476. The lowest BCUT2D eigenvalue weighted by molar-refractivity contribution is -0.116. The van der Waals surface area contributed by atoms with E-state index in [0.717, 1.165) is 63.1 Å². The molecule has 532 valence electrons. The molecule has 0 radical (unpaired) electrons. The van der Waals surface area contributed by atoms with Gasteiger partial charge in [-0.15, -0.1) is 61.2 Å². The molecule has 9 rings (SSSR count). The van der Waals surface area contributed by atoms with E-state index in [0.29, 0.717) is 17.3 Å². The number of thiazole rings is 2. The molecule has 0 saturated heterocycles. The van der Waals surface area contributed by atoms with Gasteiger partial charge >= 0.3 is 0 Å². The Labute approximate surface area is 613 Å². The Kier molecular flexibility index (Phi) is 37.7. The summed E-state index contributed by atoms with van der Waals surface area (Å²) in [5, 5.41) is 17.8. The summed E-state index contributed by atoms with van der Waals surface area (Å²) in [6.07, 6.45) is 49.3. The summed E-state index contributed by atoms with van der Waals surface area (Å²) < 4.78 is 17.0. The first-order valence-corrected chi connectivity index (χ1v) is 35.9. The third kappa shape index (κ3) is 36.9. The molecular formula is C82H113N11O2S4. The third-order valence-corrected chi connectivity index (χ3v) is 17.1. The minimum Gasteiger partial charge on any atom is -0.360 e. The van der Waals surface area contributed by atoms with Crippen LogP contribution < -0.4 is 0 Å². The molecule has 8 heterocycles. The summed E-state index contributed by atoms with van der Waals surface area (Å²) in [6, 6.07) is 7.56. The molecule has 99 heavy (non-hydrogen) atoms. The van der Waals surface area contributed by atoms with Crippen molar-refractivity contribution in [3.63, 3.8) is 0 Å². The van der Waals surface area contributed by atoms with Crippen molar-refractivity contribution in [3.05, 3.63) is 162 Å². The predicted molar refractivity (Wildman–Crippen MR) is 426 cm³/mol. The molecule has 1 N–H and O–H groups in total. The Morgan fingerprint density at radius 3 is 1.46 bits per heavy atom. The van der Waals surface area contributed by atoms with E-state index in [2.05, 4.69) is 259 Å². The van der Waals surface area contributed by atoms with Gasteiger partial charge in [0.2, 0.25) is 0 Å². The molecule has 1 aliphatic rings. The minimum atomic E-state index is -0.0118. The Morgan fingerprint density at radius 2 is 1.18 bits per heavy atom. The molecule has 8 aromatic heterocycles. The highest BCUT2D eigenvalue weighted by Gasteiger charge is 2.27. The van der Waals surface area contributed by atoms with Crippen molar-refractivity contribution in [1.82, 2.24) is 53.4 Å². The number of nitrogens with one attached hydrogen (secondary N) is 1. The van der Waals surface area contributed by atoms with Crippen LogP contribution in [-0.4, -0.2) is 59.2 Å².